The van der Waals surface area contributed by atoms with E-state index in [2.05, 4.69) is 15.9 Å². The van der Waals surface area contributed by atoms with Gasteiger partial charge in [-0.3, -0.25) is 0 Å². The van der Waals surface area contributed by atoms with Crippen molar-refractivity contribution in [3.63, 3.8) is 0 Å². The number of aliphatic hydroxyl groups is 1. The fourth-order valence-electron chi connectivity index (χ4n) is 2.31. The first kappa shape index (κ1) is 16.0. The van der Waals surface area contributed by atoms with Gasteiger partial charge in [0.05, 0.1) is 11.6 Å². The second-order valence-electron chi connectivity index (χ2n) is 5.02. The predicted molar refractivity (Wildman–Crippen MR) is 85.1 cm³/mol. The van der Waals surface area contributed by atoms with Crippen molar-refractivity contribution in [2.24, 2.45) is 5.92 Å². The Labute approximate surface area is 132 Å². The summed E-state index contributed by atoms with van der Waals surface area (Å²) in [6, 6.07) is 12.8. The first-order chi connectivity index (χ1) is 10.1. The van der Waals surface area contributed by atoms with Gasteiger partial charge in [0, 0.05) is 6.61 Å². The van der Waals surface area contributed by atoms with E-state index in [9.17, 15) is 9.50 Å². The van der Waals surface area contributed by atoms with Crippen LogP contribution in [0.1, 0.15) is 11.1 Å². The molecule has 0 fully saturated rings. The van der Waals surface area contributed by atoms with Crippen LogP contribution in [0.5, 0.6) is 5.75 Å². The van der Waals surface area contributed by atoms with Crippen LogP contribution in [0.25, 0.3) is 0 Å². The van der Waals surface area contributed by atoms with Crippen LogP contribution in [0.4, 0.5) is 4.39 Å². The lowest BCUT2D eigenvalue weighted by atomic mass is 9.93. The summed E-state index contributed by atoms with van der Waals surface area (Å²) in [4.78, 5) is 0. The highest BCUT2D eigenvalue weighted by atomic mass is 79.9. The van der Waals surface area contributed by atoms with Crippen molar-refractivity contribution in [1.29, 1.82) is 0 Å². The average molecular weight is 353 g/mol. The van der Waals surface area contributed by atoms with Gasteiger partial charge in [-0.25, -0.2) is 4.39 Å². The zero-order valence-electron chi connectivity index (χ0n) is 11.9. The smallest absolute Gasteiger partial charge is 0.137 e. The highest BCUT2D eigenvalue weighted by molar-refractivity contribution is 9.10. The summed E-state index contributed by atoms with van der Waals surface area (Å²) < 4.78 is 19.1. The fourth-order valence-corrected chi connectivity index (χ4v) is 2.74. The van der Waals surface area contributed by atoms with Crippen LogP contribution in [-0.4, -0.2) is 18.8 Å². The molecule has 1 unspecified atom stereocenters. The molecule has 4 heteroatoms. The van der Waals surface area contributed by atoms with E-state index in [4.69, 9.17) is 4.74 Å². The molecule has 0 aromatic heterocycles. The standard InChI is InChI=1S/C17H18BrFO2/c1-21-15-7-5-12(6-8-15)9-13(11-20)10-14-3-2-4-16(19)17(14)18/h2-8,13,20H,9-11H2,1H3. The Balaban J connectivity index is 2.07. The van der Waals surface area contributed by atoms with Crippen LogP contribution in [0, 0.1) is 11.7 Å². The third-order valence-electron chi connectivity index (χ3n) is 3.48. The maximum atomic E-state index is 13.5. The van der Waals surface area contributed by atoms with E-state index in [1.165, 1.54) is 6.07 Å². The predicted octanol–water partition coefficient (Wildman–Crippen LogP) is 3.99. The Kier molecular flexibility index (Phi) is 5.76. The van der Waals surface area contributed by atoms with E-state index in [0.29, 0.717) is 10.9 Å². The summed E-state index contributed by atoms with van der Waals surface area (Å²) in [7, 11) is 1.63. The van der Waals surface area contributed by atoms with Crippen LogP contribution in [0.15, 0.2) is 46.9 Å². The maximum Gasteiger partial charge on any atom is 0.137 e. The molecule has 1 atom stereocenters. The third kappa shape index (κ3) is 4.29. The third-order valence-corrected chi connectivity index (χ3v) is 4.37. The van der Waals surface area contributed by atoms with E-state index >= 15 is 0 Å². The van der Waals surface area contributed by atoms with Gasteiger partial charge < -0.3 is 9.84 Å². The Bertz CT molecular complexity index is 584. The van der Waals surface area contributed by atoms with E-state index < -0.39 is 0 Å². The van der Waals surface area contributed by atoms with E-state index in [1.54, 1.807) is 13.2 Å². The molecule has 0 heterocycles. The topological polar surface area (TPSA) is 29.5 Å². The Hall–Kier alpha value is -1.39. The second-order valence-corrected chi connectivity index (χ2v) is 5.81. The van der Waals surface area contributed by atoms with Crippen molar-refractivity contribution in [3.05, 3.63) is 63.9 Å². The largest absolute Gasteiger partial charge is 0.497 e. The molecule has 1 N–H and O–H groups in total. The van der Waals surface area contributed by atoms with Gasteiger partial charge in [-0.15, -0.1) is 0 Å². The summed E-state index contributed by atoms with van der Waals surface area (Å²) in [5.41, 5.74) is 2.00. The zero-order valence-corrected chi connectivity index (χ0v) is 13.4. The van der Waals surface area contributed by atoms with Gasteiger partial charge in [0.15, 0.2) is 0 Å². The van der Waals surface area contributed by atoms with Crippen LogP contribution >= 0.6 is 15.9 Å². The van der Waals surface area contributed by atoms with Gasteiger partial charge in [-0.1, -0.05) is 24.3 Å². The molecule has 0 aliphatic rings. The lowest BCUT2D eigenvalue weighted by Crippen LogP contribution is -2.13. The van der Waals surface area contributed by atoms with Crippen molar-refractivity contribution in [2.75, 3.05) is 13.7 Å². The Morgan fingerprint density at radius 3 is 2.48 bits per heavy atom. The van der Waals surface area contributed by atoms with Crippen LogP contribution in [0.2, 0.25) is 0 Å². The first-order valence-electron chi connectivity index (χ1n) is 6.80. The molecule has 0 spiro atoms. The minimum absolute atomic E-state index is 0.0523. The molecule has 0 bridgehead atoms. The van der Waals surface area contributed by atoms with Crippen molar-refractivity contribution in [2.45, 2.75) is 12.8 Å². The molecule has 0 radical (unpaired) electrons. The van der Waals surface area contributed by atoms with E-state index in [1.807, 2.05) is 30.3 Å². The molecular weight excluding hydrogens is 335 g/mol. The molecule has 0 amide bonds. The first-order valence-corrected chi connectivity index (χ1v) is 7.60. The van der Waals surface area contributed by atoms with E-state index in [0.717, 1.165) is 23.3 Å². The number of methoxy groups -OCH3 is 1. The van der Waals surface area contributed by atoms with E-state index in [-0.39, 0.29) is 18.3 Å². The normalized spacial score (nSPS) is 12.2. The number of aliphatic hydroxyl groups excluding tert-OH is 1. The lowest BCUT2D eigenvalue weighted by molar-refractivity contribution is 0.224. The molecule has 0 saturated carbocycles. The molecule has 2 rings (SSSR count). The number of rotatable bonds is 6. The Morgan fingerprint density at radius 1 is 1.14 bits per heavy atom. The van der Waals surface area contributed by atoms with Crippen LogP contribution in [-0.2, 0) is 12.8 Å². The average Bonchev–Trinajstić information content (AvgIpc) is 2.51. The molecule has 2 aromatic rings. The molecule has 112 valence electrons. The second kappa shape index (κ2) is 7.57. The fraction of sp³-hybridized carbons (Fsp3) is 0.294. The van der Waals surface area contributed by atoms with Crippen LogP contribution < -0.4 is 4.74 Å². The van der Waals surface area contributed by atoms with Gasteiger partial charge in [0.2, 0.25) is 0 Å². The summed E-state index contributed by atoms with van der Waals surface area (Å²) in [5.74, 6) is 0.595. The van der Waals surface area contributed by atoms with Crippen molar-refractivity contribution in [3.8, 4) is 5.75 Å². The Morgan fingerprint density at radius 2 is 1.86 bits per heavy atom. The molecule has 21 heavy (non-hydrogen) atoms. The van der Waals surface area contributed by atoms with Gasteiger partial charge >= 0.3 is 0 Å². The summed E-state index contributed by atoms with van der Waals surface area (Å²) in [5, 5.41) is 9.58. The lowest BCUT2D eigenvalue weighted by Gasteiger charge is -2.16. The highest BCUT2D eigenvalue weighted by Gasteiger charge is 2.13. The molecule has 2 nitrogen and oxygen atoms in total. The minimum atomic E-state index is -0.270. The SMILES string of the molecule is COc1ccc(CC(CO)Cc2cccc(F)c2Br)cc1. The summed E-state index contributed by atoms with van der Waals surface area (Å²) in [6.45, 7) is 0.0645. The number of halogens is 2. The molecule has 0 saturated heterocycles. The van der Waals surface area contributed by atoms with Crippen LogP contribution in [0.3, 0.4) is 0 Å². The quantitative estimate of drug-likeness (QED) is 0.851. The highest BCUT2D eigenvalue weighted by Crippen LogP contribution is 2.24. The summed E-state index contributed by atoms with van der Waals surface area (Å²) >= 11 is 3.27. The molecule has 0 aliphatic heterocycles. The van der Waals surface area contributed by atoms with Crippen molar-refractivity contribution >= 4 is 15.9 Å². The van der Waals surface area contributed by atoms with Gasteiger partial charge in [0.1, 0.15) is 11.6 Å². The molecule has 2 aromatic carbocycles. The molecule has 0 aliphatic carbocycles. The minimum Gasteiger partial charge on any atom is -0.497 e. The van der Waals surface area contributed by atoms with Gasteiger partial charge in [-0.05, 0) is 64.0 Å². The number of ether oxygens (including phenoxy) is 1. The zero-order chi connectivity index (χ0) is 15.2. The van der Waals surface area contributed by atoms with Gasteiger partial charge in [-0.2, -0.15) is 0 Å². The monoisotopic (exact) mass is 352 g/mol. The van der Waals surface area contributed by atoms with Crippen molar-refractivity contribution < 1.29 is 14.2 Å². The summed E-state index contributed by atoms with van der Waals surface area (Å²) in [6.07, 6.45) is 1.37. The number of benzene rings is 2. The maximum absolute atomic E-state index is 13.5. The number of hydrogen-bond donors (Lipinski definition) is 1. The molecular formula is C17H18BrFO2. The van der Waals surface area contributed by atoms with Gasteiger partial charge in [0.25, 0.3) is 0 Å². The van der Waals surface area contributed by atoms with Crippen molar-refractivity contribution in [1.82, 2.24) is 0 Å². The number of hydrogen-bond acceptors (Lipinski definition) is 2.